The van der Waals surface area contributed by atoms with E-state index < -0.39 is 15.3 Å². The van der Waals surface area contributed by atoms with Crippen molar-refractivity contribution in [2.75, 3.05) is 19.6 Å². The van der Waals surface area contributed by atoms with Crippen molar-refractivity contribution in [1.82, 2.24) is 24.0 Å². The average molecular weight is 410 g/mol. The molecule has 1 aromatic carbocycles. The quantitative estimate of drug-likeness (QED) is 0.762. The zero-order chi connectivity index (χ0) is 19.2. The molecule has 2 fully saturated rings. The fourth-order valence-electron chi connectivity index (χ4n) is 3.68. The topological polar surface area (TPSA) is 88.4 Å². The van der Waals surface area contributed by atoms with Crippen LogP contribution in [0, 0.1) is 0 Å². The third-order valence-corrected chi connectivity index (χ3v) is 7.67. The first-order valence-electron chi connectivity index (χ1n) is 8.77. The highest BCUT2D eigenvalue weighted by molar-refractivity contribution is 7.89. The maximum absolute atomic E-state index is 13.1. The molecule has 0 spiro atoms. The number of halogens is 1. The zero-order valence-electron chi connectivity index (χ0n) is 14.8. The maximum Gasteiger partial charge on any atom is 0.253 e. The average Bonchev–Trinajstić information content (AvgIpc) is 3.21. The molecule has 10 heteroatoms. The minimum Gasteiger partial charge on any atom is -0.336 e. The van der Waals surface area contributed by atoms with Gasteiger partial charge in [0.2, 0.25) is 10.0 Å². The number of hydrogen-bond acceptors (Lipinski definition) is 5. The number of carbonyl (C=O) groups is 1. The lowest BCUT2D eigenvalue weighted by atomic mass is 10.1. The van der Waals surface area contributed by atoms with Crippen molar-refractivity contribution in [3.8, 4) is 0 Å². The van der Waals surface area contributed by atoms with Crippen molar-refractivity contribution in [2.45, 2.75) is 24.1 Å². The maximum atomic E-state index is 13.1. The van der Waals surface area contributed by atoms with E-state index in [0.29, 0.717) is 23.0 Å². The minimum absolute atomic E-state index is 0.190. The Hall–Kier alpha value is -1.97. The molecule has 0 saturated carbocycles. The Kier molecular flexibility index (Phi) is 4.69. The zero-order valence-corrected chi connectivity index (χ0v) is 16.4. The number of nitrogens with zero attached hydrogens (tertiary/aromatic N) is 5. The summed E-state index contributed by atoms with van der Waals surface area (Å²) in [4.78, 5) is 14.0. The summed E-state index contributed by atoms with van der Waals surface area (Å²) in [5, 5.41) is 7.84. The Balaban J connectivity index is 1.47. The van der Waals surface area contributed by atoms with Crippen molar-refractivity contribution in [1.29, 1.82) is 0 Å². The molecule has 2 aliphatic heterocycles. The van der Waals surface area contributed by atoms with Gasteiger partial charge in [0.05, 0.1) is 6.04 Å². The van der Waals surface area contributed by atoms with E-state index in [4.69, 9.17) is 11.6 Å². The van der Waals surface area contributed by atoms with Gasteiger partial charge in [-0.2, -0.15) is 4.31 Å². The van der Waals surface area contributed by atoms with Gasteiger partial charge in [-0.15, -0.1) is 10.2 Å². The molecule has 27 heavy (non-hydrogen) atoms. The predicted octanol–water partition coefficient (Wildman–Crippen LogP) is 1.46. The van der Waals surface area contributed by atoms with Crippen molar-refractivity contribution < 1.29 is 13.2 Å². The van der Waals surface area contributed by atoms with E-state index in [1.807, 2.05) is 7.05 Å². The Morgan fingerprint density at radius 1 is 1.30 bits per heavy atom. The number of rotatable bonds is 4. The van der Waals surface area contributed by atoms with Crippen LogP contribution >= 0.6 is 11.6 Å². The molecule has 1 aromatic heterocycles. The van der Waals surface area contributed by atoms with Crippen molar-refractivity contribution in [3.05, 3.63) is 47.0 Å². The van der Waals surface area contributed by atoms with E-state index in [-0.39, 0.29) is 25.0 Å². The van der Waals surface area contributed by atoms with Gasteiger partial charge in [-0.1, -0.05) is 17.7 Å². The summed E-state index contributed by atoms with van der Waals surface area (Å²) in [5.74, 6) is 0.456. The first-order chi connectivity index (χ1) is 12.9. The molecular formula is C17H20ClN5O3S. The summed E-state index contributed by atoms with van der Waals surface area (Å²) in [6.07, 6.45) is 3.09. The summed E-state index contributed by atoms with van der Waals surface area (Å²) in [6, 6.07) is 6.39. The van der Waals surface area contributed by atoms with Gasteiger partial charge in [0.1, 0.15) is 11.6 Å². The van der Waals surface area contributed by atoms with E-state index in [9.17, 15) is 13.2 Å². The summed E-state index contributed by atoms with van der Waals surface area (Å²) >= 11 is 5.93. The Labute approximate surface area is 162 Å². The first kappa shape index (κ1) is 18.4. The second kappa shape index (κ2) is 6.88. The SMILES string of the molecule is Cn1cnnc1C1CCCN1S(=O)(=O)C1CN(C(=O)c2cccc(Cl)c2)C1. The fourth-order valence-corrected chi connectivity index (χ4v) is 5.93. The van der Waals surface area contributed by atoms with Gasteiger partial charge >= 0.3 is 0 Å². The van der Waals surface area contributed by atoms with Crippen LogP contribution in [0.1, 0.15) is 35.1 Å². The number of amides is 1. The second-order valence-corrected chi connectivity index (χ2v) is 9.56. The Morgan fingerprint density at radius 3 is 2.74 bits per heavy atom. The highest BCUT2D eigenvalue weighted by atomic mass is 35.5. The first-order valence-corrected chi connectivity index (χ1v) is 10.7. The van der Waals surface area contributed by atoms with Gasteiger partial charge in [0.25, 0.3) is 5.91 Å². The number of hydrogen-bond donors (Lipinski definition) is 0. The third-order valence-electron chi connectivity index (χ3n) is 5.20. The second-order valence-electron chi connectivity index (χ2n) is 6.96. The van der Waals surface area contributed by atoms with Crippen LogP contribution in [-0.4, -0.2) is 63.2 Å². The minimum atomic E-state index is -3.52. The third kappa shape index (κ3) is 3.24. The molecule has 0 bridgehead atoms. The number of carbonyl (C=O) groups excluding carboxylic acids is 1. The van der Waals surface area contributed by atoms with E-state index in [1.165, 1.54) is 4.31 Å². The largest absolute Gasteiger partial charge is 0.336 e. The number of aryl methyl sites for hydroxylation is 1. The molecule has 1 atom stereocenters. The molecule has 3 heterocycles. The lowest BCUT2D eigenvalue weighted by Crippen LogP contribution is -2.59. The molecule has 2 aliphatic rings. The van der Waals surface area contributed by atoms with Gasteiger partial charge in [0, 0.05) is 37.3 Å². The molecule has 0 aliphatic carbocycles. The van der Waals surface area contributed by atoms with Crippen LogP contribution in [-0.2, 0) is 17.1 Å². The fraction of sp³-hybridized carbons (Fsp3) is 0.471. The smallest absolute Gasteiger partial charge is 0.253 e. The Bertz CT molecular complexity index is 970. The molecule has 0 radical (unpaired) electrons. The van der Waals surface area contributed by atoms with Crippen molar-refractivity contribution in [3.63, 3.8) is 0 Å². The van der Waals surface area contributed by atoms with E-state index in [2.05, 4.69) is 10.2 Å². The molecule has 2 aromatic rings. The lowest BCUT2D eigenvalue weighted by molar-refractivity contribution is 0.0654. The lowest BCUT2D eigenvalue weighted by Gasteiger charge is -2.41. The summed E-state index contributed by atoms with van der Waals surface area (Å²) in [7, 11) is -1.71. The highest BCUT2D eigenvalue weighted by Crippen LogP contribution is 2.36. The molecule has 144 valence electrons. The molecule has 2 saturated heterocycles. The summed E-state index contributed by atoms with van der Waals surface area (Å²) in [6.45, 7) is 0.851. The van der Waals surface area contributed by atoms with Crippen molar-refractivity contribution in [2.24, 2.45) is 7.05 Å². The standard InChI is InChI=1S/C17H20ClN5O3S/c1-21-11-19-20-16(21)15-6-3-7-23(15)27(25,26)14-9-22(10-14)17(24)12-4-2-5-13(18)8-12/h2,4-5,8,11,14-15H,3,6-7,9-10H2,1H3. The predicted molar refractivity (Wildman–Crippen MR) is 99.7 cm³/mol. The van der Waals surface area contributed by atoms with Crippen LogP contribution in [0.2, 0.25) is 5.02 Å². The number of sulfonamides is 1. The number of aromatic nitrogens is 3. The molecule has 1 amide bonds. The molecule has 0 N–H and O–H groups in total. The van der Waals surface area contributed by atoms with Gasteiger partial charge in [-0.05, 0) is 31.0 Å². The highest BCUT2D eigenvalue weighted by Gasteiger charge is 2.47. The van der Waals surface area contributed by atoms with Gasteiger partial charge in [-0.25, -0.2) is 8.42 Å². The van der Waals surface area contributed by atoms with Gasteiger partial charge in [-0.3, -0.25) is 4.79 Å². The van der Waals surface area contributed by atoms with Gasteiger partial charge in [0.15, 0.2) is 5.82 Å². The Morgan fingerprint density at radius 2 is 2.07 bits per heavy atom. The van der Waals surface area contributed by atoms with Crippen LogP contribution in [0.4, 0.5) is 0 Å². The van der Waals surface area contributed by atoms with Crippen LogP contribution < -0.4 is 0 Å². The monoisotopic (exact) mass is 409 g/mol. The van der Waals surface area contributed by atoms with E-state index in [0.717, 1.165) is 12.8 Å². The van der Waals surface area contributed by atoms with Crippen molar-refractivity contribution >= 4 is 27.5 Å². The normalized spacial score (nSPS) is 21.4. The van der Waals surface area contributed by atoms with Crippen LogP contribution in [0.15, 0.2) is 30.6 Å². The molecule has 4 rings (SSSR count). The number of benzene rings is 1. The molecular weight excluding hydrogens is 390 g/mol. The molecule has 1 unspecified atom stereocenters. The summed E-state index contributed by atoms with van der Waals surface area (Å²) in [5.41, 5.74) is 0.469. The number of likely N-dealkylation sites (tertiary alicyclic amines) is 1. The van der Waals surface area contributed by atoms with E-state index in [1.54, 1.807) is 40.1 Å². The van der Waals surface area contributed by atoms with Crippen LogP contribution in [0.5, 0.6) is 0 Å². The van der Waals surface area contributed by atoms with Crippen LogP contribution in [0.3, 0.4) is 0 Å². The summed E-state index contributed by atoms with van der Waals surface area (Å²) < 4.78 is 29.5. The van der Waals surface area contributed by atoms with Crippen LogP contribution in [0.25, 0.3) is 0 Å². The van der Waals surface area contributed by atoms with Gasteiger partial charge < -0.3 is 9.47 Å². The molecule has 8 nitrogen and oxygen atoms in total. The van der Waals surface area contributed by atoms with E-state index >= 15 is 0 Å².